The van der Waals surface area contributed by atoms with Gasteiger partial charge in [0.25, 0.3) is 5.91 Å². The monoisotopic (exact) mass is 388 g/mol. The van der Waals surface area contributed by atoms with Crippen molar-refractivity contribution in [3.8, 4) is 5.75 Å². The number of thiocarbonyl (C=S) groups is 1. The van der Waals surface area contributed by atoms with Gasteiger partial charge in [0.2, 0.25) is 0 Å². The van der Waals surface area contributed by atoms with Crippen molar-refractivity contribution >= 4 is 40.4 Å². The smallest absolute Gasteiger partial charge is 0.262 e. The van der Waals surface area contributed by atoms with Crippen LogP contribution >= 0.6 is 23.8 Å². The summed E-state index contributed by atoms with van der Waals surface area (Å²) in [6, 6.07) is 13.0. The van der Waals surface area contributed by atoms with Crippen LogP contribution in [0.4, 0.5) is 5.69 Å². The van der Waals surface area contributed by atoms with E-state index in [0.29, 0.717) is 16.5 Å². The van der Waals surface area contributed by atoms with E-state index in [9.17, 15) is 4.79 Å². The molecule has 4 nitrogen and oxygen atoms in total. The molecule has 6 heteroatoms. The first-order valence-corrected chi connectivity index (χ1v) is 9.40. The second-order valence-electron chi connectivity index (χ2n) is 6.32. The molecule has 1 amide bonds. The number of likely N-dealkylation sites (tertiary alicyclic amines) is 1. The fourth-order valence-corrected chi connectivity index (χ4v) is 3.31. The largest absolute Gasteiger partial charge is 0.484 e. The lowest BCUT2D eigenvalue weighted by Crippen LogP contribution is -2.26. The van der Waals surface area contributed by atoms with Gasteiger partial charge in [-0.05, 0) is 61.7 Å². The lowest BCUT2D eigenvalue weighted by Gasteiger charge is -2.18. The number of carbonyl (C=O) groups is 1. The standard InChI is InChI=1S/C20H21ClN2O2S/c1-14-4-7-16(12-18(14)21)22-19(24)13-25-17-8-5-15(6-9-17)20(26)23-10-2-3-11-23/h4-9,12H,2-3,10-11,13H2,1H3,(H,22,24). The van der Waals surface area contributed by atoms with E-state index in [1.54, 1.807) is 6.07 Å². The van der Waals surface area contributed by atoms with Crippen molar-refractivity contribution in [2.75, 3.05) is 25.0 Å². The van der Waals surface area contributed by atoms with E-state index in [2.05, 4.69) is 10.2 Å². The Morgan fingerprint density at radius 3 is 2.54 bits per heavy atom. The third-order valence-corrected chi connectivity index (χ3v) is 5.22. The van der Waals surface area contributed by atoms with Gasteiger partial charge in [0.1, 0.15) is 10.7 Å². The highest BCUT2D eigenvalue weighted by Gasteiger charge is 2.16. The van der Waals surface area contributed by atoms with Crippen LogP contribution in [0.5, 0.6) is 5.75 Å². The van der Waals surface area contributed by atoms with Crippen molar-refractivity contribution in [3.63, 3.8) is 0 Å². The van der Waals surface area contributed by atoms with Crippen LogP contribution in [0.3, 0.4) is 0 Å². The molecule has 1 aliphatic rings. The average molecular weight is 389 g/mol. The minimum atomic E-state index is -0.235. The van der Waals surface area contributed by atoms with Crippen LogP contribution < -0.4 is 10.1 Å². The van der Waals surface area contributed by atoms with Crippen LogP contribution in [0, 0.1) is 6.92 Å². The Balaban J connectivity index is 1.51. The normalized spacial score (nSPS) is 13.5. The lowest BCUT2D eigenvalue weighted by molar-refractivity contribution is -0.118. The minimum absolute atomic E-state index is 0.0680. The first-order chi connectivity index (χ1) is 12.5. The number of hydrogen-bond donors (Lipinski definition) is 1. The summed E-state index contributed by atoms with van der Waals surface area (Å²) < 4.78 is 5.55. The van der Waals surface area contributed by atoms with Crippen LogP contribution in [0.1, 0.15) is 24.0 Å². The molecule has 1 N–H and O–H groups in total. The highest BCUT2D eigenvalue weighted by Crippen LogP contribution is 2.20. The van der Waals surface area contributed by atoms with Crippen molar-refractivity contribution < 1.29 is 9.53 Å². The van der Waals surface area contributed by atoms with Crippen molar-refractivity contribution in [2.24, 2.45) is 0 Å². The summed E-state index contributed by atoms with van der Waals surface area (Å²) in [5, 5.41) is 3.39. The number of halogens is 1. The van der Waals surface area contributed by atoms with E-state index in [0.717, 1.165) is 29.2 Å². The fourth-order valence-electron chi connectivity index (χ4n) is 2.81. The summed E-state index contributed by atoms with van der Waals surface area (Å²) in [5.41, 5.74) is 2.63. The molecule has 0 bridgehead atoms. The highest BCUT2D eigenvalue weighted by molar-refractivity contribution is 7.80. The number of aryl methyl sites for hydroxylation is 1. The molecule has 0 saturated carbocycles. The zero-order valence-electron chi connectivity index (χ0n) is 14.6. The van der Waals surface area contributed by atoms with E-state index in [1.807, 2.05) is 43.3 Å². The van der Waals surface area contributed by atoms with Crippen molar-refractivity contribution in [1.29, 1.82) is 0 Å². The number of anilines is 1. The zero-order valence-corrected chi connectivity index (χ0v) is 16.2. The maximum atomic E-state index is 12.0. The van der Waals surface area contributed by atoms with Gasteiger partial charge in [0.05, 0.1) is 0 Å². The molecule has 2 aromatic rings. The van der Waals surface area contributed by atoms with Crippen LogP contribution in [0.2, 0.25) is 5.02 Å². The Morgan fingerprint density at radius 2 is 1.88 bits per heavy atom. The second-order valence-corrected chi connectivity index (χ2v) is 7.12. The molecular formula is C20H21ClN2O2S. The molecule has 1 heterocycles. The molecule has 2 aromatic carbocycles. The van der Waals surface area contributed by atoms with Gasteiger partial charge in [-0.1, -0.05) is 29.9 Å². The Labute approximate surface area is 164 Å². The summed E-state index contributed by atoms with van der Waals surface area (Å²) in [6.45, 7) is 3.90. The molecule has 0 aliphatic carbocycles. The van der Waals surface area contributed by atoms with E-state index < -0.39 is 0 Å². The lowest BCUT2D eigenvalue weighted by atomic mass is 10.2. The molecule has 26 heavy (non-hydrogen) atoms. The number of ether oxygens (including phenoxy) is 1. The molecule has 0 aromatic heterocycles. The SMILES string of the molecule is Cc1ccc(NC(=O)COc2ccc(C(=S)N3CCCC3)cc2)cc1Cl. The summed E-state index contributed by atoms with van der Waals surface area (Å²) in [5.74, 6) is 0.400. The topological polar surface area (TPSA) is 41.6 Å². The van der Waals surface area contributed by atoms with Crippen LogP contribution in [0.25, 0.3) is 0 Å². The van der Waals surface area contributed by atoms with Gasteiger partial charge in [-0.15, -0.1) is 0 Å². The van der Waals surface area contributed by atoms with Gasteiger partial charge in [-0.3, -0.25) is 4.79 Å². The number of nitrogens with one attached hydrogen (secondary N) is 1. The van der Waals surface area contributed by atoms with Gasteiger partial charge in [-0.2, -0.15) is 0 Å². The Morgan fingerprint density at radius 1 is 1.19 bits per heavy atom. The van der Waals surface area contributed by atoms with Gasteiger partial charge >= 0.3 is 0 Å². The molecule has 3 rings (SSSR count). The molecule has 136 valence electrons. The molecule has 0 radical (unpaired) electrons. The predicted molar refractivity (Wildman–Crippen MR) is 109 cm³/mol. The maximum absolute atomic E-state index is 12.0. The van der Waals surface area contributed by atoms with Crippen LogP contribution in [-0.2, 0) is 4.79 Å². The molecule has 0 unspecified atom stereocenters. The number of benzene rings is 2. The quantitative estimate of drug-likeness (QED) is 0.769. The van der Waals surface area contributed by atoms with Gasteiger partial charge in [0, 0.05) is 29.4 Å². The number of hydrogen-bond acceptors (Lipinski definition) is 3. The zero-order chi connectivity index (χ0) is 18.5. The van der Waals surface area contributed by atoms with Crippen molar-refractivity contribution in [3.05, 3.63) is 58.6 Å². The van der Waals surface area contributed by atoms with Crippen LogP contribution in [0.15, 0.2) is 42.5 Å². The molecule has 0 atom stereocenters. The van der Waals surface area contributed by atoms with Crippen LogP contribution in [-0.4, -0.2) is 35.5 Å². The predicted octanol–water partition coefficient (Wildman–Crippen LogP) is 4.44. The first-order valence-electron chi connectivity index (χ1n) is 8.61. The number of amides is 1. The first kappa shape index (κ1) is 18.7. The third kappa shape index (κ3) is 4.74. The van der Waals surface area contributed by atoms with E-state index in [4.69, 9.17) is 28.6 Å². The Bertz CT molecular complexity index is 802. The average Bonchev–Trinajstić information content (AvgIpc) is 3.18. The number of carbonyl (C=O) groups excluding carboxylic acids is 1. The number of nitrogens with zero attached hydrogens (tertiary/aromatic N) is 1. The Hall–Kier alpha value is -2.11. The van der Waals surface area contributed by atoms with E-state index in [-0.39, 0.29) is 12.5 Å². The maximum Gasteiger partial charge on any atom is 0.262 e. The third-order valence-electron chi connectivity index (χ3n) is 4.32. The minimum Gasteiger partial charge on any atom is -0.484 e. The van der Waals surface area contributed by atoms with Crippen molar-refractivity contribution in [1.82, 2.24) is 4.90 Å². The molecule has 1 fully saturated rings. The van der Waals surface area contributed by atoms with E-state index in [1.165, 1.54) is 12.8 Å². The van der Waals surface area contributed by atoms with Gasteiger partial charge in [-0.25, -0.2) is 0 Å². The van der Waals surface area contributed by atoms with Gasteiger partial charge in [0.15, 0.2) is 6.61 Å². The highest BCUT2D eigenvalue weighted by atomic mass is 35.5. The number of rotatable bonds is 5. The molecule has 1 aliphatic heterocycles. The van der Waals surface area contributed by atoms with E-state index >= 15 is 0 Å². The summed E-state index contributed by atoms with van der Waals surface area (Å²) in [6.07, 6.45) is 2.39. The summed E-state index contributed by atoms with van der Waals surface area (Å²) in [4.78, 5) is 15.1. The summed E-state index contributed by atoms with van der Waals surface area (Å²) >= 11 is 11.6. The summed E-state index contributed by atoms with van der Waals surface area (Å²) in [7, 11) is 0. The molecular weight excluding hydrogens is 368 g/mol. The second kappa shape index (κ2) is 8.52. The van der Waals surface area contributed by atoms with Crippen molar-refractivity contribution in [2.45, 2.75) is 19.8 Å². The fraction of sp³-hybridized carbons (Fsp3) is 0.300. The molecule has 0 spiro atoms. The van der Waals surface area contributed by atoms with Gasteiger partial charge < -0.3 is 15.0 Å². The Kier molecular flexibility index (Phi) is 6.12. The molecule has 1 saturated heterocycles.